The van der Waals surface area contributed by atoms with Gasteiger partial charge in [0.05, 0.1) is 6.61 Å². The van der Waals surface area contributed by atoms with E-state index in [0.717, 1.165) is 11.8 Å². The number of hydrogen-bond acceptors (Lipinski definition) is 4. The van der Waals surface area contributed by atoms with E-state index in [0.29, 0.717) is 6.61 Å². The number of ether oxygens (including phenoxy) is 2. The van der Waals surface area contributed by atoms with Gasteiger partial charge in [-0.05, 0) is 11.8 Å². The number of nitriles is 1. The molecule has 0 aromatic heterocycles. The van der Waals surface area contributed by atoms with Gasteiger partial charge in [-0.25, -0.2) is 0 Å². The summed E-state index contributed by atoms with van der Waals surface area (Å²) < 4.78 is 9.60. The van der Waals surface area contributed by atoms with E-state index in [-0.39, 0.29) is 24.3 Å². The number of rotatable bonds is 4. The van der Waals surface area contributed by atoms with Crippen LogP contribution in [0.2, 0.25) is 0 Å². The summed E-state index contributed by atoms with van der Waals surface area (Å²) in [5.74, 6) is 0. The second kappa shape index (κ2) is 9.36. The SMILES string of the molecule is COCC(OC)SC#N.[LiH]. The molecule has 0 heterocycles. The van der Waals surface area contributed by atoms with Gasteiger partial charge in [0.2, 0.25) is 0 Å². The van der Waals surface area contributed by atoms with Gasteiger partial charge in [0.25, 0.3) is 0 Å². The van der Waals surface area contributed by atoms with Crippen molar-refractivity contribution in [2.45, 2.75) is 5.44 Å². The van der Waals surface area contributed by atoms with Crippen molar-refractivity contribution < 1.29 is 9.47 Å². The molecule has 0 amide bonds. The fraction of sp³-hybridized carbons (Fsp3) is 0.800. The molecule has 0 saturated heterocycles. The van der Waals surface area contributed by atoms with Crippen LogP contribution in [0.25, 0.3) is 0 Å². The summed E-state index contributed by atoms with van der Waals surface area (Å²) in [6.07, 6.45) is 0. The molecule has 0 rings (SSSR count). The summed E-state index contributed by atoms with van der Waals surface area (Å²) in [5.41, 5.74) is -0.153. The van der Waals surface area contributed by atoms with Crippen molar-refractivity contribution >= 4 is 30.6 Å². The molecule has 54 valence electrons. The minimum absolute atomic E-state index is 0. The van der Waals surface area contributed by atoms with Gasteiger partial charge in [-0.1, -0.05) is 0 Å². The molecular weight excluding hydrogens is 145 g/mol. The van der Waals surface area contributed by atoms with Gasteiger partial charge in [-0.15, -0.1) is 0 Å². The van der Waals surface area contributed by atoms with Gasteiger partial charge in [0.1, 0.15) is 10.8 Å². The van der Waals surface area contributed by atoms with E-state index in [1.165, 1.54) is 0 Å². The van der Waals surface area contributed by atoms with Crippen LogP contribution in [0, 0.1) is 10.7 Å². The molecule has 0 bridgehead atoms. The number of hydrogen-bond donors (Lipinski definition) is 0. The first-order chi connectivity index (χ1) is 4.35. The minimum atomic E-state index is -0.153. The summed E-state index contributed by atoms with van der Waals surface area (Å²) >= 11 is 1.06. The number of thiocyanates is 1. The van der Waals surface area contributed by atoms with Crippen molar-refractivity contribution in [1.29, 1.82) is 5.26 Å². The van der Waals surface area contributed by atoms with Gasteiger partial charge >= 0.3 is 18.9 Å². The van der Waals surface area contributed by atoms with Crippen LogP contribution in [0.3, 0.4) is 0 Å². The predicted molar refractivity (Wildman–Crippen MR) is 43.0 cm³/mol. The summed E-state index contributed by atoms with van der Waals surface area (Å²) in [5, 5.41) is 10.1. The Balaban J connectivity index is 0. The first-order valence-corrected chi connectivity index (χ1v) is 3.29. The third-order valence-corrected chi connectivity index (χ3v) is 1.45. The Morgan fingerprint density at radius 2 is 2.20 bits per heavy atom. The molecule has 10 heavy (non-hydrogen) atoms. The van der Waals surface area contributed by atoms with Crippen molar-refractivity contribution in [3.63, 3.8) is 0 Å². The Labute approximate surface area is 77.2 Å². The third kappa shape index (κ3) is 6.48. The van der Waals surface area contributed by atoms with Crippen LogP contribution >= 0.6 is 11.8 Å². The molecular formula is C5H10LiNO2S. The molecule has 0 aliphatic heterocycles. The van der Waals surface area contributed by atoms with E-state index in [2.05, 4.69) is 0 Å². The molecule has 0 aliphatic carbocycles. The standard InChI is InChI=1S/C5H9NO2S.Li.H/c1-7-3-5(8-2)9-4-6;;/h5H,3H2,1-2H3;;. The molecule has 0 N–H and O–H groups in total. The second-order valence-electron chi connectivity index (χ2n) is 1.33. The van der Waals surface area contributed by atoms with Crippen LogP contribution in [-0.2, 0) is 9.47 Å². The number of nitrogens with zero attached hydrogens (tertiary/aromatic N) is 1. The Morgan fingerprint density at radius 1 is 1.60 bits per heavy atom. The molecule has 0 spiro atoms. The van der Waals surface area contributed by atoms with Crippen LogP contribution < -0.4 is 0 Å². The monoisotopic (exact) mass is 155 g/mol. The molecule has 0 fully saturated rings. The van der Waals surface area contributed by atoms with E-state index in [1.54, 1.807) is 14.2 Å². The van der Waals surface area contributed by atoms with Crippen LogP contribution in [0.1, 0.15) is 0 Å². The fourth-order valence-corrected chi connectivity index (χ4v) is 0.763. The van der Waals surface area contributed by atoms with Crippen molar-refractivity contribution in [2.24, 2.45) is 0 Å². The van der Waals surface area contributed by atoms with Crippen molar-refractivity contribution in [3.05, 3.63) is 0 Å². The summed E-state index contributed by atoms with van der Waals surface area (Å²) in [6, 6.07) is 0. The van der Waals surface area contributed by atoms with E-state index >= 15 is 0 Å². The molecule has 0 aromatic rings. The van der Waals surface area contributed by atoms with Gasteiger partial charge in [-0.2, -0.15) is 5.26 Å². The summed E-state index contributed by atoms with van der Waals surface area (Å²) in [4.78, 5) is 0. The molecule has 1 unspecified atom stereocenters. The molecule has 0 radical (unpaired) electrons. The zero-order chi connectivity index (χ0) is 7.11. The summed E-state index contributed by atoms with van der Waals surface area (Å²) in [6.45, 7) is 0.453. The number of thioether (sulfide) groups is 1. The zero-order valence-electron chi connectivity index (χ0n) is 5.46. The van der Waals surface area contributed by atoms with Crippen LogP contribution in [0.15, 0.2) is 0 Å². The molecule has 0 aromatic carbocycles. The van der Waals surface area contributed by atoms with E-state index in [4.69, 9.17) is 14.7 Å². The van der Waals surface area contributed by atoms with Gasteiger partial charge < -0.3 is 9.47 Å². The Hall–Kier alpha value is 0.357. The third-order valence-electron chi connectivity index (χ3n) is 0.750. The Morgan fingerprint density at radius 3 is 2.50 bits per heavy atom. The quantitative estimate of drug-likeness (QED) is 0.330. The maximum absolute atomic E-state index is 8.17. The molecule has 0 aliphatic rings. The van der Waals surface area contributed by atoms with Gasteiger partial charge in [0, 0.05) is 14.2 Å². The molecule has 1 atom stereocenters. The Bertz CT molecular complexity index is 106. The summed E-state index contributed by atoms with van der Waals surface area (Å²) in [7, 11) is 3.12. The zero-order valence-corrected chi connectivity index (χ0v) is 6.27. The van der Waals surface area contributed by atoms with E-state index in [9.17, 15) is 0 Å². The topological polar surface area (TPSA) is 42.2 Å². The average molecular weight is 155 g/mol. The Kier molecular flexibility index (Phi) is 12.1. The average Bonchev–Trinajstić information content (AvgIpc) is 1.88. The van der Waals surface area contributed by atoms with Crippen LogP contribution in [0.5, 0.6) is 0 Å². The predicted octanol–water partition coefficient (Wildman–Crippen LogP) is 0.171. The van der Waals surface area contributed by atoms with Gasteiger partial charge in [-0.3, -0.25) is 0 Å². The molecule has 5 heteroatoms. The number of methoxy groups -OCH3 is 2. The van der Waals surface area contributed by atoms with E-state index < -0.39 is 0 Å². The van der Waals surface area contributed by atoms with E-state index in [1.807, 2.05) is 5.40 Å². The molecule has 0 saturated carbocycles. The van der Waals surface area contributed by atoms with Crippen LogP contribution in [-0.4, -0.2) is 45.1 Å². The normalized spacial score (nSPS) is 11.3. The second-order valence-corrected chi connectivity index (χ2v) is 2.27. The van der Waals surface area contributed by atoms with Crippen LogP contribution in [0.4, 0.5) is 0 Å². The fourth-order valence-electron chi connectivity index (χ4n) is 0.345. The van der Waals surface area contributed by atoms with Gasteiger partial charge in [0.15, 0.2) is 0 Å². The van der Waals surface area contributed by atoms with Crippen molar-refractivity contribution in [2.75, 3.05) is 20.8 Å². The van der Waals surface area contributed by atoms with Crippen molar-refractivity contribution in [1.82, 2.24) is 0 Å². The maximum atomic E-state index is 8.17. The van der Waals surface area contributed by atoms with Crippen molar-refractivity contribution in [3.8, 4) is 5.40 Å². The first-order valence-electron chi connectivity index (χ1n) is 2.41. The molecule has 3 nitrogen and oxygen atoms in total. The first kappa shape index (κ1) is 13.0.